The second-order valence-corrected chi connectivity index (χ2v) is 3.94. The summed E-state index contributed by atoms with van der Waals surface area (Å²) in [6.45, 7) is 0. The average Bonchev–Trinajstić information content (AvgIpc) is 2.82. The van der Waals surface area contributed by atoms with Crippen LogP contribution in [-0.4, -0.2) is 9.97 Å². The van der Waals surface area contributed by atoms with Gasteiger partial charge in [-0.25, -0.2) is 9.37 Å². The molecule has 0 aliphatic heterocycles. The number of nitrogens with zero attached hydrogens (tertiary/aromatic N) is 1. The number of aromatic nitrogens is 2. The fourth-order valence-corrected chi connectivity index (χ4v) is 1.87. The number of imidazole rings is 1. The van der Waals surface area contributed by atoms with Gasteiger partial charge in [0.25, 0.3) is 0 Å². The molecule has 0 unspecified atom stereocenters. The van der Waals surface area contributed by atoms with E-state index < -0.39 is 5.82 Å². The first-order valence-corrected chi connectivity index (χ1v) is 5.49. The third-order valence-corrected chi connectivity index (χ3v) is 2.79. The Morgan fingerprint density at radius 1 is 1.17 bits per heavy atom. The lowest BCUT2D eigenvalue weighted by atomic mass is 10.1. The van der Waals surface area contributed by atoms with Crippen LogP contribution in [-0.2, 0) is 0 Å². The van der Waals surface area contributed by atoms with Crippen LogP contribution in [0, 0.1) is 18.2 Å². The number of hydrogen-bond acceptors (Lipinski definition) is 1. The highest BCUT2D eigenvalue weighted by atomic mass is 19.1. The Morgan fingerprint density at radius 3 is 2.72 bits per heavy atom. The minimum atomic E-state index is -0.407. The van der Waals surface area contributed by atoms with Crippen LogP contribution in [0.15, 0.2) is 42.5 Å². The first kappa shape index (κ1) is 10.5. The molecule has 2 nitrogen and oxygen atoms in total. The van der Waals surface area contributed by atoms with Crippen molar-refractivity contribution >= 4 is 11.0 Å². The van der Waals surface area contributed by atoms with Gasteiger partial charge in [-0.05, 0) is 30.3 Å². The van der Waals surface area contributed by atoms with Crippen molar-refractivity contribution in [1.29, 1.82) is 0 Å². The predicted octanol–water partition coefficient (Wildman–Crippen LogP) is 3.35. The topological polar surface area (TPSA) is 28.7 Å². The minimum absolute atomic E-state index is 0.259. The summed E-state index contributed by atoms with van der Waals surface area (Å²) in [5.41, 5.74) is 2.72. The predicted molar refractivity (Wildman–Crippen MR) is 69.4 cm³/mol. The van der Waals surface area contributed by atoms with Gasteiger partial charge in [-0.15, -0.1) is 6.42 Å². The fourth-order valence-electron chi connectivity index (χ4n) is 1.87. The van der Waals surface area contributed by atoms with Crippen LogP contribution < -0.4 is 0 Å². The van der Waals surface area contributed by atoms with Gasteiger partial charge in [-0.1, -0.05) is 18.1 Å². The molecule has 0 aliphatic carbocycles. The van der Waals surface area contributed by atoms with E-state index in [2.05, 4.69) is 15.9 Å². The molecule has 1 aromatic heterocycles. The van der Waals surface area contributed by atoms with Crippen molar-refractivity contribution < 1.29 is 4.39 Å². The number of fused-ring (bicyclic) bond motifs is 1. The first-order chi connectivity index (χ1) is 8.78. The van der Waals surface area contributed by atoms with Gasteiger partial charge in [0.15, 0.2) is 0 Å². The van der Waals surface area contributed by atoms with Crippen LogP contribution in [0.1, 0.15) is 5.56 Å². The van der Waals surface area contributed by atoms with E-state index in [1.807, 2.05) is 24.3 Å². The van der Waals surface area contributed by atoms with Crippen LogP contribution in [0.25, 0.3) is 22.4 Å². The van der Waals surface area contributed by atoms with E-state index in [4.69, 9.17) is 6.42 Å². The summed E-state index contributed by atoms with van der Waals surface area (Å²) in [7, 11) is 0. The maximum absolute atomic E-state index is 13.6. The van der Waals surface area contributed by atoms with E-state index in [0.717, 1.165) is 11.0 Å². The number of H-pyrrole nitrogens is 1. The second kappa shape index (κ2) is 4.01. The molecular formula is C15H9FN2. The van der Waals surface area contributed by atoms with E-state index in [1.165, 1.54) is 6.07 Å². The molecule has 0 atom stereocenters. The Bertz CT molecular complexity index is 733. The van der Waals surface area contributed by atoms with Gasteiger partial charge in [-0.3, -0.25) is 0 Å². The Morgan fingerprint density at radius 2 is 2.00 bits per heavy atom. The van der Waals surface area contributed by atoms with Crippen LogP contribution in [0.4, 0.5) is 4.39 Å². The van der Waals surface area contributed by atoms with Crippen molar-refractivity contribution in [3.63, 3.8) is 0 Å². The Balaban J connectivity index is 2.15. The quantitative estimate of drug-likeness (QED) is 0.645. The summed E-state index contributed by atoms with van der Waals surface area (Å²) in [5.74, 6) is 2.53. The SMILES string of the molecule is C#Cc1ccc(-c2nc3ccccc3[nH]2)cc1F. The normalized spacial score (nSPS) is 10.4. The highest BCUT2D eigenvalue weighted by molar-refractivity contribution is 5.79. The van der Waals surface area contributed by atoms with Gasteiger partial charge in [-0.2, -0.15) is 0 Å². The van der Waals surface area contributed by atoms with Gasteiger partial charge >= 0.3 is 0 Å². The second-order valence-electron chi connectivity index (χ2n) is 3.94. The van der Waals surface area contributed by atoms with E-state index in [1.54, 1.807) is 12.1 Å². The maximum Gasteiger partial charge on any atom is 0.139 e. The number of benzene rings is 2. The lowest BCUT2D eigenvalue weighted by molar-refractivity contribution is 0.625. The minimum Gasteiger partial charge on any atom is -0.338 e. The lowest BCUT2D eigenvalue weighted by Gasteiger charge is -1.98. The molecule has 0 radical (unpaired) electrons. The van der Waals surface area contributed by atoms with E-state index in [0.29, 0.717) is 11.4 Å². The fraction of sp³-hybridized carbons (Fsp3) is 0. The summed E-state index contributed by atoms with van der Waals surface area (Å²) >= 11 is 0. The molecule has 3 heteroatoms. The van der Waals surface area contributed by atoms with Gasteiger partial charge < -0.3 is 4.98 Å². The van der Waals surface area contributed by atoms with E-state index >= 15 is 0 Å². The molecule has 3 rings (SSSR count). The number of terminal acetylenes is 1. The molecule has 0 saturated heterocycles. The van der Waals surface area contributed by atoms with Gasteiger partial charge in [0.2, 0.25) is 0 Å². The van der Waals surface area contributed by atoms with Crippen LogP contribution in [0.2, 0.25) is 0 Å². The Hall–Kier alpha value is -2.60. The number of halogens is 1. The van der Waals surface area contributed by atoms with Gasteiger partial charge in [0.1, 0.15) is 11.6 Å². The number of rotatable bonds is 1. The number of aromatic amines is 1. The van der Waals surface area contributed by atoms with E-state index in [9.17, 15) is 4.39 Å². The highest BCUT2D eigenvalue weighted by Gasteiger charge is 2.07. The molecule has 18 heavy (non-hydrogen) atoms. The largest absolute Gasteiger partial charge is 0.338 e. The monoisotopic (exact) mass is 236 g/mol. The maximum atomic E-state index is 13.6. The molecular weight excluding hydrogens is 227 g/mol. The number of para-hydroxylation sites is 2. The summed E-state index contributed by atoms with van der Waals surface area (Å²) in [4.78, 5) is 7.55. The smallest absolute Gasteiger partial charge is 0.139 e. The highest BCUT2D eigenvalue weighted by Crippen LogP contribution is 2.22. The van der Waals surface area contributed by atoms with Crippen LogP contribution >= 0.6 is 0 Å². The summed E-state index contributed by atoms with van der Waals surface area (Å²) in [6, 6.07) is 12.4. The third kappa shape index (κ3) is 1.64. The average molecular weight is 236 g/mol. The van der Waals surface area contributed by atoms with Crippen molar-refractivity contribution in [2.24, 2.45) is 0 Å². The van der Waals surface area contributed by atoms with Crippen molar-refractivity contribution in [2.75, 3.05) is 0 Å². The number of hydrogen-bond donors (Lipinski definition) is 1. The summed E-state index contributed by atoms with van der Waals surface area (Å²) in [5, 5.41) is 0. The van der Waals surface area contributed by atoms with E-state index in [-0.39, 0.29) is 5.56 Å². The Labute approximate surface area is 103 Å². The van der Waals surface area contributed by atoms with Crippen molar-refractivity contribution in [3.05, 3.63) is 53.8 Å². The number of nitrogens with one attached hydrogen (secondary N) is 1. The third-order valence-electron chi connectivity index (χ3n) is 2.79. The van der Waals surface area contributed by atoms with Gasteiger partial charge in [0.05, 0.1) is 16.6 Å². The van der Waals surface area contributed by atoms with Crippen molar-refractivity contribution in [3.8, 4) is 23.7 Å². The zero-order valence-corrected chi connectivity index (χ0v) is 9.44. The van der Waals surface area contributed by atoms with Crippen molar-refractivity contribution in [2.45, 2.75) is 0 Å². The van der Waals surface area contributed by atoms with Crippen molar-refractivity contribution in [1.82, 2.24) is 9.97 Å². The molecule has 1 heterocycles. The van der Waals surface area contributed by atoms with Gasteiger partial charge in [0, 0.05) is 5.56 Å². The van der Waals surface area contributed by atoms with Crippen LogP contribution in [0.3, 0.4) is 0 Å². The molecule has 0 saturated carbocycles. The molecule has 0 spiro atoms. The zero-order valence-electron chi connectivity index (χ0n) is 9.44. The summed E-state index contributed by atoms with van der Waals surface area (Å²) < 4.78 is 13.6. The molecule has 0 amide bonds. The molecule has 3 aromatic rings. The Kier molecular flexibility index (Phi) is 2.35. The summed E-state index contributed by atoms with van der Waals surface area (Å²) in [6.07, 6.45) is 5.19. The molecule has 0 aliphatic rings. The molecule has 0 fully saturated rings. The lowest BCUT2D eigenvalue weighted by Crippen LogP contribution is -1.86. The first-order valence-electron chi connectivity index (χ1n) is 5.49. The molecule has 2 aromatic carbocycles. The molecule has 1 N–H and O–H groups in total. The molecule has 0 bridgehead atoms. The standard InChI is InChI=1S/C15H9FN2/c1-2-10-7-8-11(9-12(10)16)15-17-13-5-3-4-6-14(13)18-15/h1,3-9H,(H,17,18). The molecule has 86 valence electrons. The van der Waals surface area contributed by atoms with Crippen LogP contribution in [0.5, 0.6) is 0 Å². The zero-order chi connectivity index (χ0) is 12.5.